The van der Waals surface area contributed by atoms with E-state index in [0.717, 1.165) is 34.1 Å². The van der Waals surface area contributed by atoms with Crippen LogP contribution in [0.2, 0.25) is 0 Å². The van der Waals surface area contributed by atoms with Crippen LogP contribution in [0.1, 0.15) is 154 Å². The lowest BCUT2D eigenvalue weighted by Gasteiger charge is -2.28. The second kappa shape index (κ2) is 27.6. The van der Waals surface area contributed by atoms with E-state index in [1.807, 2.05) is 140 Å². The lowest BCUT2D eigenvalue weighted by molar-refractivity contribution is -0.326. The molecule has 0 amide bonds. The van der Waals surface area contributed by atoms with Gasteiger partial charge in [-0.2, -0.15) is 0 Å². The fourth-order valence-electron chi connectivity index (χ4n) is 10.9. The predicted octanol–water partition coefficient (Wildman–Crippen LogP) is 14.8. The number of hydrogen-bond acceptors (Lipinski definition) is 10. The first kappa shape index (κ1) is 55.8. The van der Waals surface area contributed by atoms with Crippen LogP contribution in [0.3, 0.4) is 0 Å². The van der Waals surface area contributed by atoms with Gasteiger partial charge in [0.2, 0.25) is 0 Å². The fraction of sp³-hybridized carbons (Fsp3) is 0.368. The molecule has 4 aliphatic rings. The fourth-order valence-corrected chi connectivity index (χ4v) is 10.9. The minimum absolute atomic E-state index is 0.270. The molecule has 0 bridgehead atoms. The van der Waals surface area contributed by atoms with Crippen molar-refractivity contribution in [3.63, 3.8) is 0 Å². The van der Waals surface area contributed by atoms with Crippen molar-refractivity contribution in [1.82, 2.24) is 0 Å². The maximum atomic E-state index is 13.7. The van der Waals surface area contributed by atoms with Crippen molar-refractivity contribution < 1.29 is 47.8 Å². The van der Waals surface area contributed by atoms with Crippen LogP contribution in [0.5, 0.6) is 0 Å². The maximum absolute atomic E-state index is 13.7. The van der Waals surface area contributed by atoms with Gasteiger partial charge in [0, 0.05) is 6.08 Å². The van der Waals surface area contributed by atoms with Crippen molar-refractivity contribution in [2.75, 3.05) is 19.8 Å². The summed E-state index contributed by atoms with van der Waals surface area (Å²) in [4.78, 5) is 50.4. The smallest absolute Gasteiger partial charge is 0.338 e. The van der Waals surface area contributed by atoms with Gasteiger partial charge in [0.15, 0.2) is 18.3 Å². The molecule has 10 heteroatoms. The summed E-state index contributed by atoms with van der Waals surface area (Å²) in [6, 6.07) is 51.0. The van der Waals surface area contributed by atoms with Crippen LogP contribution < -0.4 is 0 Å². The summed E-state index contributed by atoms with van der Waals surface area (Å²) in [6.45, 7) is 9.63. The molecule has 2 aliphatic heterocycles. The zero-order valence-corrected chi connectivity index (χ0v) is 45.5. The minimum Gasteiger partial charge on any atom is -0.454 e. The molecule has 1 unspecified atom stereocenters. The van der Waals surface area contributed by atoms with Crippen LogP contribution in [0.25, 0.3) is 12.2 Å². The summed E-state index contributed by atoms with van der Waals surface area (Å²) in [5, 5.41) is 0. The molecule has 78 heavy (non-hydrogen) atoms. The van der Waals surface area contributed by atoms with E-state index in [9.17, 15) is 14.4 Å². The highest BCUT2D eigenvalue weighted by molar-refractivity contribution is 5.91. The highest BCUT2D eigenvalue weighted by atomic mass is 17.2. The van der Waals surface area contributed by atoms with Crippen LogP contribution >= 0.6 is 0 Å². The molecule has 10 nitrogen and oxygen atoms in total. The Kier molecular flexibility index (Phi) is 19.7. The Balaban J connectivity index is 0.000000202. The van der Waals surface area contributed by atoms with Crippen molar-refractivity contribution in [1.29, 1.82) is 0 Å². The summed E-state index contributed by atoms with van der Waals surface area (Å²) < 4.78 is 29.6. The van der Waals surface area contributed by atoms with Crippen LogP contribution in [-0.4, -0.2) is 62.1 Å². The van der Waals surface area contributed by atoms with E-state index in [1.54, 1.807) is 6.08 Å². The quantitative estimate of drug-likeness (QED) is 0.0218. The first-order chi connectivity index (χ1) is 38.0. The van der Waals surface area contributed by atoms with Gasteiger partial charge in [-0.3, -0.25) is 0 Å². The maximum Gasteiger partial charge on any atom is 0.338 e. The zero-order chi connectivity index (χ0) is 54.2. The number of esters is 3. The van der Waals surface area contributed by atoms with E-state index >= 15 is 0 Å². The van der Waals surface area contributed by atoms with Crippen molar-refractivity contribution in [3.05, 3.63) is 226 Å². The van der Waals surface area contributed by atoms with Crippen LogP contribution in [-0.2, 0) is 38.3 Å². The molecule has 6 aromatic rings. The van der Waals surface area contributed by atoms with Gasteiger partial charge >= 0.3 is 17.9 Å². The molecule has 406 valence electrons. The van der Waals surface area contributed by atoms with Crippen molar-refractivity contribution in [2.45, 2.75) is 128 Å². The largest absolute Gasteiger partial charge is 0.454 e. The van der Waals surface area contributed by atoms with Crippen LogP contribution in [0.4, 0.5) is 0 Å². The monoisotopic (exact) mass is 1050 g/mol. The number of fused-ring (bicyclic) bond motifs is 1. The summed E-state index contributed by atoms with van der Waals surface area (Å²) in [5.74, 6) is 1.35. The van der Waals surface area contributed by atoms with E-state index < -0.39 is 36.2 Å². The zero-order valence-electron chi connectivity index (χ0n) is 45.5. The third-order valence-electron chi connectivity index (χ3n) is 15.7. The van der Waals surface area contributed by atoms with Gasteiger partial charge in [0.1, 0.15) is 24.9 Å². The Bertz CT molecular complexity index is 2760. The van der Waals surface area contributed by atoms with Crippen molar-refractivity contribution >= 4 is 30.1 Å². The standard InChI is InChI=1S/C42H46O4.C26H28O6/c1-29-13-17-31(18-14-29)33-21-25-37(26-22-33)41(43)45-39(35-9-5-3-6-10-35)40(36-11-7-4-8-12-36)46-42(44)38-27-23-34(24-28-38)32-19-15-30(2)16-20-32;1-18-5-9-20(10-6-18)4-3-15-30-32-23-17-29-25-22(16-28-26(23)25)31-24(27)14-13-21-11-7-19(2)8-12-21/h3-12,21-32,39-40H,13-20H2,1-2H3;3-14,22-23,25-26H,15-17H2,1-2H3/b;4-3+,14-13+/t29?,30?,31?,32?,39-,40-;22?,23-,25+,26+/m10/s1. The Morgan fingerprint density at radius 2 is 0.936 bits per heavy atom. The Morgan fingerprint density at radius 3 is 1.40 bits per heavy atom. The summed E-state index contributed by atoms with van der Waals surface area (Å²) >= 11 is 0. The van der Waals surface area contributed by atoms with Gasteiger partial charge in [-0.25, -0.2) is 24.2 Å². The predicted molar refractivity (Wildman–Crippen MR) is 303 cm³/mol. The van der Waals surface area contributed by atoms with Gasteiger partial charge in [-0.1, -0.05) is 196 Å². The van der Waals surface area contributed by atoms with Gasteiger partial charge in [-0.05, 0) is 127 Å². The number of carbonyl (C=O) groups is 3. The highest BCUT2D eigenvalue weighted by Gasteiger charge is 2.50. The van der Waals surface area contributed by atoms with Gasteiger partial charge < -0.3 is 23.7 Å². The molecule has 6 atom stereocenters. The Labute approximate surface area is 460 Å². The molecule has 10 rings (SSSR count). The van der Waals surface area contributed by atoms with E-state index in [4.69, 9.17) is 33.5 Å². The lowest BCUT2D eigenvalue weighted by Crippen LogP contribution is -2.34. The third-order valence-corrected chi connectivity index (χ3v) is 15.7. The molecule has 0 aromatic heterocycles. The molecular formula is C68H74O10. The topological polar surface area (TPSA) is 116 Å². The molecule has 2 saturated heterocycles. The average Bonchev–Trinajstić information content (AvgIpc) is 4.11. The minimum atomic E-state index is -0.844. The van der Waals surface area contributed by atoms with Crippen molar-refractivity contribution in [3.8, 4) is 0 Å². The Morgan fingerprint density at radius 1 is 0.513 bits per heavy atom. The van der Waals surface area contributed by atoms with Crippen molar-refractivity contribution in [2.24, 2.45) is 11.8 Å². The van der Waals surface area contributed by atoms with E-state index in [-0.39, 0.29) is 24.9 Å². The first-order valence-electron chi connectivity index (χ1n) is 27.9. The number of benzene rings is 6. The molecule has 0 spiro atoms. The van der Waals surface area contributed by atoms with Gasteiger partial charge in [0.25, 0.3) is 0 Å². The Hall–Kier alpha value is -6.95. The molecule has 2 heterocycles. The molecule has 6 aromatic carbocycles. The lowest BCUT2D eigenvalue weighted by atomic mass is 9.79. The average molecular weight is 1050 g/mol. The number of aryl methyl sites for hydroxylation is 2. The van der Waals surface area contributed by atoms with E-state index in [2.05, 4.69) is 57.2 Å². The second-order valence-corrected chi connectivity index (χ2v) is 21.7. The summed E-state index contributed by atoms with van der Waals surface area (Å²) in [7, 11) is 0. The molecule has 2 aliphatic carbocycles. The molecule has 2 saturated carbocycles. The normalized spacial score (nSPS) is 23.6. The first-order valence-corrected chi connectivity index (χ1v) is 27.9. The second-order valence-electron chi connectivity index (χ2n) is 21.7. The van der Waals surface area contributed by atoms with Crippen LogP contribution in [0.15, 0.2) is 170 Å². The third kappa shape index (κ3) is 15.4. The number of hydrogen-bond donors (Lipinski definition) is 0. The molecular weight excluding hydrogens is 977 g/mol. The number of carbonyl (C=O) groups excluding carboxylic acids is 3. The highest BCUT2D eigenvalue weighted by Crippen LogP contribution is 2.40. The summed E-state index contributed by atoms with van der Waals surface area (Å²) in [5.41, 5.74) is 9.47. The molecule has 0 radical (unpaired) electrons. The SMILES string of the molecule is CC1CCC(c2ccc(C(=O)O[C@H](c3ccccc3)[C@H](OC(=O)c3ccc(C4CCC(C)CC4)cc3)c3ccccc3)cc2)CC1.Cc1ccc(/C=C/COO[C@H]2CO[C@@H]3C(OC(=O)/C=C/c4ccc(C)cc4)CO[C@H]23)cc1. The number of ether oxygens (including phenoxy) is 5. The summed E-state index contributed by atoms with van der Waals surface area (Å²) in [6.07, 6.45) is 13.6. The molecule has 0 N–H and O–H groups in total. The van der Waals surface area contributed by atoms with E-state index in [0.29, 0.717) is 36.2 Å². The van der Waals surface area contributed by atoms with E-state index in [1.165, 1.54) is 79.7 Å². The number of rotatable bonds is 17. The molecule has 4 fully saturated rings. The van der Waals surface area contributed by atoms with Gasteiger partial charge in [-0.15, -0.1) is 0 Å². The van der Waals surface area contributed by atoms with Gasteiger partial charge in [0.05, 0.1) is 24.3 Å². The van der Waals surface area contributed by atoms with Crippen LogP contribution in [0, 0.1) is 25.7 Å².